The summed E-state index contributed by atoms with van der Waals surface area (Å²) in [5.41, 5.74) is 3.78. The normalized spacial score (nSPS) is 12.4. The Morgan fingerprint density at radius 1 is 1.05 bits per heavy atom. The Balaban J connectivity index is 2.23. The number of anilines is 1. The number of hydrogen-bond donors (Lipinski definition) is 1. The van der Waals surface area contributed by atoms with Gasteiger partial charge < -0.3 is 5.32 Å². The molecule has 0 amide bonds. The molecule has 1 N–H and O–H groups in total. The topological polar surface area (TPSA) is 12.0 Å². The zero-order chi connectivity index (χ0) is 14.5. The quantitative estimate of drug-likeness (QED) is 0.713. The molecule has 0 radical (unpaired) electrons. The Hall–Kier alpha value is -1.28. The largest absolute Gasteiger partial charge is 0.378 e. The van der Waals surface area contributed by atoms with Gasteiger partial charge in [-0.2, -0.15) is 0 Å². The Morgan fingerprint density at radius 3 is 2.35 bits per heavy atom. The summed E-state index contributed by atoms with van der Waals surface area (Å²) < 4.78 is 1.12. The van der Waals surface area contributed by atoms with Gasteiger partial charge in [0.15, 0.2) is 0 Å². The molecule has 1 atom stereocenters. The molecule has 1 nitrogen and oxygen atoms in total. The third-order valence-corrected chi connectivity index (χ3v) is 3.75. The minimum absolute atomic E-state index is 0.352. The zero-order valence-electron chi connectivity index (χ0n) is 12.4. The van der Waals surface area contributed by atoms with Crippen LogP contribution in [-0.2, 0) is 0 Å². The molecule has 0 spiro atoms. The molecule has 2 aromatic carbocycles. The van der Waals surface area contributed by atoms with E-state index >= 15 is 0 Å². The van der Waals surface area contributed by atoms with Crippen molar-refractivity contribution in [2.75, 3.05) is 5.32 Å². The van der Waals surface area contributed by atoms with E-state index in [0.29, 0.717) is 12.0 Å². The standard InChI is InChI=1S/C18H22BrN/c1-13(2)9-18(15-7-5-4-6-8-15)20-17-11-14(3)10-16(19)12-17/h4-8,10-13,18,20H,9H2,1-3H3. The first-order chi connectivity index (χ1) is 9.54. The highest BCUT2D eigenvalue weighted by Gasteiger charge is 2.13. The van der Waals surface area contributed by atoms with Gasteiger partial charge in [-0.05, 0) is 48.6 Å². The second kappa shape index (κ2) is 6.94. The highest BCUT2D eigenvalue weighted by molar-refractivity contribution is 9.10. The number of rotatable bonds is 5. The van der Waals surface area contributed by atoms with E-state index in [9.17, 15) is 0 Å². The molecule has 0 saturated heterocycles. The smallest absolute Gasteiger partial charge is 0.0516 e. The summed E-state index contributed by atoms with van der Waals surface area (Å²) >= 11 is 3.57. The number of aryl methyl sites for hydroxylation is 1. The zero-order valence-corrected chi connectivity index (χ0v) is 13.9. The van der Waals surface area contributed by atoms with Crippen LogP contribution >= 0.6 is 15.9 Å². The van der Waals surface area contributed by atoms with Crippen molar-refractivity contribution < 1.29 is 0 Å². The Morgan fingerprint density at radius 2 is 1.75 bits per heavy atom. The average Bonchev–Trinajstić information content (AvgIpc) is 2.37. The van der Waals surface area contributed by atoms with Crippen molar-refractivity contribution in [2.45, 2.75) is 33.2 Å². The van der Waals surface area contributed by atoms with E-state index in [1.54, 1.807) is 0 Å². The van der Waals surface area contributed by atoms with E-state index in [0.717, 1.165) is 10.9 Å². The van der Waals surface area contributed by atoms with Gasteiger partial charge in [0.2, 0.25) is 0 Å². The fraction of sp³-hybridized carbons (Fsp3) is 0.333. The summed E-state index contributed by atoms with van der Waals surface area (Å²) in [7, 11) is 0. The monoisotopic (exact) mass is 331 g/mol. The van der Waals surface area contributed by atoms with Crippen LogP contribution in [0.4, 0.5) is 5.69 Å². The van der Waals surface area contributed by atoms with Crippen LogP contribution in [0, 0.1) is 12.8 Å². The molecule has 20 heavy (non-hydrogen) atoms. The van der Waals surface area contributed by atoms with Crippen LogP contribution in [0.3, 0.4) is 0 Å². The second-order valence-electron chi connectivity index (χ2n) is 5.75. The molecule has 0 aromatic heterocycles. The van der Waals surface area contributed by atoms with E-state index in [1.165, 1.54) is 16.8 Å². The minimum atomic E-state index is 0.352. The van der Waals surface area contributed by atoms with Crippen LogP contribution < -0.4 is 5.32 Å². The van der Waals surface area contributed by atoms with Crippen LogP contribution in [0.5, 0.6) is 0 Å². The number of hydrogen-bond acceptors (Lipinski definition) is 1. The van der Waals surface area contributed by atoms with Crippen LogP contribution in [0.15, 0.2) is 53.0 Å². The van der Waals surface area contributed by atoms with E-state index in [1.807, 2.05) is 0 Å². The lowest BCUT2D eigenvalue weighted by Gasteiger charge is -2.22. The molecule has 2 aromatic rings. The van der Waals surface area contributed by atoms with E-state index in [2.05, 4.69) is 90.5 Å². The van der Waals surface area contributed by atoms with Gasteiger partial charge in [0.05, 0.1) is 6.04 Å². The first-order valence-electron chi connectivity index (χ1n) is 7.13. The summed E-state index contributed by atoms with van der Waals surface area (Å²) in [4.78, 5) is 0. The molecule has 0 aliphatic rings. The SMILES string of the molecule is Cc1cc(Br)cc(NC(CC(C)C)c2ccccc2)c1. The Labute approximate surface area is 130 Å². The molecular formula is C18H22BrN. The number of halogens is 1. The first-order valence-corrected chi connectivity index (χ1v) is 7.92. The molecule has 106 valence electrons. The van der Waals surface area contributed by atoms with Gasteiger partial charge in [0, 0.05) is 10.2 Å². The molecule has 0 bridgehead atoms. The molecule has 0 heterocycles. The van der Waals surface area contributed by atoms with Crippen molar-refractivity contribution in [3.05, 3.63) is 64.1 Å². The molecule has 0 aliphatic carbocycles. The maximum Gasteiger partial charge on any atom is 0.0516 e. The Kier molecular flexibility index (Phi) is 5.24. The summed E-state index contributed by atoms with van der Waals surface area (Å²) in [6.45, 7) is 6.66. The van der Waals surface area contributed by atoms with Crippen molar-refractivity contribution in [1.82, 2.24) is 0 Å². The molecule has 2 heteroatoms. The van der Waals surface area contributed by atoms with Gasteiger partial charge in [0.1, 0.15) is 0 Å². The third kappa shape index (κ3) is 4.38. The van der Waals surface area contributed by atoms with Crippen LogP contribution in [0.25, 0.3) is 0 Å². The van der Waals surface area contributed by atoms with Crippen molar-refractivity contribution in [3.63, 3.8) is 0 Å². The van der Waals surface area contributed by atoms with Gasteiger partial charge in [-0.15, -0.1) is 0 Å². The first kappa shape index (κ1) is 15.1. The highest BCUT2D eigenvalue weighted by Crippen LogP contribution is 2.28. The van der Waals surface area contributed by atoms with E-state index in [-0.39, 0.29) is 0 Å². The summed E-state index contributed by atoms with van der Waals surface area (Å²) in [6.07, 6.45) is 1.12. The Bertz CT molecular complexity index is 528. The predicted molar refractivity (Wildman–Crippen MR) is 91.1 cm³/mol. The summed E-state index contributed by atoms with van der Waals surface area (Å²) in [5.74, 6) is 0.654. The third-order valence-electron chi connectivity index (χ3n) is 3.29. The molecular weight excluding hydrogens is 310 g/mol. The lowest BCUT2D eigenvalue weighted by Crippen LogP contribution is -2.13. The van der Waals surface area contributed by atoms with Crippen LogP contribution in [-0.4, -0.2) is 0 Å². The molecule has 0 saturated carbocycles. The van der Waals surface area contributed by atoms with Crippen LogP contribution in [0.2, 0.25) is 0 Å². The van der Waals surface area contributed by atoms with Crippen molar-refractivity contribution >= 4 is 21.6 Å². The van der Waals surface area contributed by atoms with E-state index in [4.69, 9.17) is 0 Å². The fourth-order valence-electron chi connectivity index (χ4n) is 2.46. The molecule has 1 unspecified atom stereocenters. The number of benzene rings is 2. The molecule has 0 aliphatic heterocycles. The fourth-order valence-corrected chi connectivity index (χ4v) is 3.06. The van der Waals surface area contributed by atoms with Crippen LogP contribution in [0.1, 0.15) is 37.4 Å². The van der Waals surface area contributed by atoms with E-state index < -0.39 is 0 Å². The van der Waals surface area contributed by atoms with Gasteiger partial charge >= 0.3 is 0 Å². The van der Waals surface area contributed by atoms with Gasteiger partial charge in [-0.25, -0.2) is 0 Å². The maximum absolute atomic E-state index is 3.68. The lowest BCUT2D eigenvalue weighted by atomic mass is 9.96. The van der Waals surface area contributed by atoms with Gasteiger partial charge in [0.25, 0.3) is 0 Å². The lowest BCUT2D eigenvalue weighted by molar-refractivity contribution is 0.531. The van der Waals surface area contributed by atoms with Crippen molar-refractivity contribution in [1.29, 1.82) is 0 Å². The maximum atomic E-state index is 3.68. The molecule has 0 fully saturated rings. The predicted octanol–water partition coefficient (Wildman–Crippen LogP) is 5.96. The number of nitrogens with one attached hydrogen (secondary N) is 1. The van der Waals surface area contributed by atoms with Crippen molar-refractivity contribution in [2.24, 2.45) is 5.92 Å². The highest BCUT2D eigenvalue weighted by atomic mass is 79.9. The summed E-state index contributed by atoms with van der Waals surface area (Å²) in [6, 6.07) is 17.5. The average molecular weight is 332 g/mol. The molecule has 2 rings (SSSR count). The van der Waals surface area contributed by atoms with Gasteiger partial charge in [-0.3, -0.25) is 0 Å². The minimum Gasteiger partial charge on any atom is -0.378 e. The summed E-state index contributed by atoms with van der Waals surface area (Å²) in [5, 5.41) is 3.68. The second-order valence-corrected chi connectivity index (χ2v) is 6.67. The van der Waals surface area contributed by atoms with Crippen molar-refractivity contribution in [3.8, 4) is 0 Å². The van der Waals surface area contributed by atoms with Gasteiger partial charge in [-0.1, -0.05) is 60.1 Å².